The van der Waals surface area contributed by atoms with Crippen molar-refractivity contribution < 1.29 is 4.74 Å². The maximum Gasteiger partial charge on any atom is 0.143 e. The number of hydrogen-bond donors (Lipinski definition) is 1. The smallest absolute Gasteiger partial charge is 0.143 e. The summed E-state index contributed by atoms with van der Waals surface area (Å²) < 4.78 is 5.94. The number of nitriles is 1. The number of fused-ring (bicyclic) bond motifs is 1. The van der Waals surface area contributed by atoms with E-state index >= 15 is 0 Å². The van der Waals surface area contributed by atoms with Crippen molar-refractivity contribution in [3.8, 4) is 11.8 Å². The third kappa shape index (κ3) is 2.90. The van der Waals surface area contributed by atoms with Gasteiger partial charge in [-0.25, -0.2) is 0 Å². The van der Waals surface area contributed by atoms with Gasteiger partial charge >= 0.3 is 0 Å². The van der Waals surface area contributed by atoms with E-state index in [2.05, 4.69) is 24.0 Å². The molecule has 0 aliphatic carbocycles. The van der Waals surface area contributed by atoms with Crippen molar-refractivity contribution in [2.24, 2.45) is 5.73 Å². The number of anilines is 1. The summed E-state index contributed by atoms with van der Waals surface area (Å²) in [6.45, 7) is 4.23. The van der Waals surface area contributed by atoms with Crippen LogP contribution in [0.1, 0.15) is 23.6 Å². The molecule has 2 N–H and O–H groups in total. The Balaban J connectivity index is 1.86. The largest absolute Gasteiger partial charge is 0.487 e. The molecule has 0 radical (unpaired) electrons. The predicted molar refractivity (Wildman–Crippen MR) is 86.6 cm³/mol. The van der Waals surface area contributed by atoms with Gasteiger partial charge in [-0.15, -0.1) is 0 Å². The summed E-state index contributed by atoms with van der Waals surface area (Å²) in [6, 6.07) is 16.0. The average molecular weight is 293 g/mol. The second-order valence-corrected chi connectivity index (χ2v) is 5.62. The highest BCUT2D eigenvalue weighted by Crippen LogP contribution is 2.35. The van der Waals surface area contributed by atoms with Gasteiger partial charge < -0.3 is 15.4 Å². The molecule has 1 aliphatic rings. The summed E-state index contributed by atoms with van der Waals surface area (Å²) in [7, 11) is 0. The highest BCUT2D eigenvalue weighted by Gasteiger charge is 2.23. The third-order valence-corrected chi connectivity index (χ3v) is 3.86. The Labute approximate surface area is 130 Å². The molecule has 0 saturated heterocycles. The Hall–Kier alpha value is -2.51. The lowest BCUT2D eigenvalue weighted by atomic mass is 10.1. The molecule has 2 aromatic rings. The zero-order chi connectivity index (χ0) is 15.5. The fourth-order valence-corrected chi connectivity index (χ4v) is 2.76. The van der Waals surface area contributed by atoms with Crippen LogP contribution in [-0.2, 0) is 13.1 Å². The number of rotatable bonds is 3. The Morgan fingerprint density at radius 3 is 2.64 bits per heavy atom. The van der Waals surface area contributed by atoms with Gasteiger partial charge in [-0.3, -0.25) is 0 Å². The van der Waals surface area contributed by atoms with Gasteiger partial charge in [0.15, 0.2) is 0 Å². The van der Waals surface area contributed by atoms with Crippen LogP contribution in [-0.4, -0.2) is 12.6 Å². The van der Waals surface area contributed by atoms with Gasteiger partial charge in [0.25, 0.3) is 0 Å². The molecule has 4 heteroatoms. The van der Waals surface area contributed by atoms with E-state index in [0.717, 1.165) is 30.1 Å². The number of hydrogen-bond acceptors (Lipinski definition) is 4. The maximum absolute atomic E-state index is 8.88. The molecule has 1 unspecified atom stereocenters. The molecule has 1 atom stereocenters. The second kappa shape index (κ2) is 6.08. The van der Waals surface area contributed by atoms with Crippen molar-refractivity contribution >= 4 is 5.69 Å². The molecule has 0 fully saturated rings. The minimum Gasteiger partial charge on any atom is -0.487 e. The van der Waals surface area contributed by atoms with Gasteiger partial charge in [-0.1, -0.05) is 18.2 Å². The lowest BCUT2D eigenvalue weighted by Gasteiger charge is -2.35. The molecular weight excluding hydrogens is 274 g/mol. The Morgan fingerprint density at radius 2 is 1.95 bits per heavy atom. The van der Waals surface area contributed by atoms with Crippen LogP contribution in [0.3, 0.4) is 0 Å². The maximum atomic E-state index is 8.88. The van der Waals surface area contributed by atoms with Crippen molar-refractivity contribution in [2.75, 3.05) is 11.4 Å². The van der Waals surface area contributed by atoms with Gasteiger partial charge in [-0.05, 0) is 42.3 Å². The summed E-state index contributed by atoms with van der Waals surface area (Å²) in [6.07, 6.45) is 0.138. The molecule has 1 aliphatic heterocycles. The van der Waals surface area contributed by atoms with Crippen LogP contribution >= 0.6 is 0 Å². The van der Waals surface area contributed by atoms with E-state index in [0.29, 0.717) is 12.1 Å². The summed E-state index contributed by atoms with van der Waals surface area (Å²) >= 11 is 0. The Bertz CT molecular complexity index is 703. The molecule has 4 nitrogen and oxygen atoms in total. The molecular formula is C18H19N3O. The second-order valence-electron chi connectivity index (χ2n) is 5.62. The topological polar surface area (TPSA) is 62.3 Å². The monoisotopic (exact) mass is 293 g/mol. The minimum atomic E-state index is 0.138. The summed E-state index contributed by atoms with van der Waals surface area (Å²) in [5.74, 6) is 0.898. The zero-order valence-electron chi connectivity index (χ0n) is 12.6. The molecule has 0 aromatic heterocycles. The molecule has 1 heterocycles. The summed E-state index contributed by atoms with van der Waals surface area (Å²) in [4.78, 5) is 2.31. The van der Waals surface area contributed by atoms with Crippen molar-refractivity contribution in [3.05, 3.63) is 59.2 Å². The van der Waals surface area contributed by atoms with E-state index in [1.165, 1.54) is 5.56 Å². The molecule has 22 heavy (non-hydrogen) atoms. The van der Waals surface area contributed by atoms with Gasteiger partial charge in [-0.2, -0.15) is 5.26 Å². The van der Waals surface area contributed by atoms with Gasteiger partial charge in [0.05, 0.1) is 23.9 Å². The first-order valence-electron chi connectivity index (χ1n) is 7.43. The molecule has 0 saturated carbocycles. The zero-order valence-corrected chi connectivity index (χ0v) is 12.6. The third-order valence-electron chi connectivity index (χ3n) is 3.86. The number of nitrogens with zero attached hydrogens (tertiary/aromatic N) is 2. The van der Waals surface area contributed by atoms with Crippen LogP contribution in [0, 0.1) is 11.3 Å². The van der Waals surface area contributed by atoms with Gasteiger partial charge in [0.1, 0.15) is 11.9 Å². The highest BCUT2D eigenvalue weighted by atomic mass is 16.5. The SMILES string of the molecule is CC1CN(Cc2ccc(C#N)cc2)c2ccc(CN)cc2O1. The van der Waals surface area contributed by atoms with Crippen molar-refractivity contribution in [1.29, 1.82) is 5.26 Å². The predicted octanol–water partition coefficient (Wildman–Crippen LogP) is 2.80. The molecule has 2 aromatic carbocycles. The Kier molecular flexibility index (Phi) is 3.99. The van der Waals surface area contributed by atoms with Crippen molar-refractivity contribution in [2.45, 2.75) is 26.1 Å². The van der Waals surface area contributed by atoms with Gasteiger partial charge in [0, 0.05) is 13.1 Å². The molecule has 112 valence electrons. The number of benzene rings is 2. The lowest BCUT2D eigenvalue weighted by molar-refractivity contribution is 0.212. The minimum absolute atomic E-state index is 0.138. The lowest BCUT2D eigenvalue weighted by Crippen LogP contribution is -2.38. The van der Waals surface area contributed by atoms with Crippen LogP contribution in [0.4, 0.5) is 5.69 Å². The van der Waals surface area contributed by atoms with E-state index < -0.39 is 0 Å². The van der Waals surface area contributed by atoms with Gasteiger partial charge in [0.2, 0.25) is 0 Å². The highest BCUT2D eigenvalue weighted by molar-refractivity contribution is 5.61. The van der Waals surface area contributed by atoms with Crippen LogP contribution in [0.25, 0.3) is 0 Å². The van der Waals surface area contributed by atoms with E-state index in [4.69, 9.17) is 15.7 Å². The Morgan fingerprint density at radius 1 is 1.23 bits per heavy atom. The van der Waals surface area contributed by atoms with E-state index in [1.807, 2.05) is 36.4 Å². The fourth-order valence-electron chi connectivity index (χ4n) is 2.76. The molecule has 0 spiro atoms. The molecule has 0 bridgehead atoms. The first-order chi connectivity index (χ1) is 10.7. The van der Waals surface area contributed by atoms with Crippen LogP contribution < -0.4 is 15.4 Å². The average Bonchev–Trinajstić information content (AvgIpc) is 2.54. The van der Waals surface area contributed by atoms with Crippen molar-refractivity contribution in [3.63, 3.8) is 0 Å². The quantitative estimate of drug-likeness (QED) is 0.945. The first-order valence-corrected chi connectivity index (χ1v) is 7.43. The van der Waals surface area contributed by atoms with Crippen LogP contribution in [0.2, 0.25) is 0 Å². The normalized spacial score (nSPS) is 16.6. The number of ether oxygens (including phenoxy) is 1. The molecule has 3 rings (SSSR count). The summed E-state index contributed by atoms with van der Waals surface area (Å²) in [5, 5.41) is 8.88. The van der Waals surface area contributed by atoms with Crippen molar-refractivity contribution in [1.82, 2.24) is 0 Å². The first kappa shape index (κ1) is 14.4. The standard InChI is InChI=1S/C18H19N3O/c1-13-11-21(12-15-4-2-14(9-19)3-5-15)17-7-6-16(10-20)8-18(17)22-13/h2-8,13H,10-12,20H2,1H3. The van der Waals surface area contributed by atoms with Crippen LogP contribution in [0.5, 0.6) is 5.75 Å². The van der Waals surface area contributed by atoms with E-state index in [-0.39, 0.29) is 6.10 Å². The van der Waals surface area contributed by atoms with Crippen LogP contribution in [0.15, 0.2) is 42.5 Å². The van der Waals surface area contributed by atoms with E-state index in [1.54, 1.807) is 0 Å². The summed E-state index contributed by atoms with van der Waals surface area (Å²) in [5.41, 5.74) is 9.75. The van der Waals surface area contributed by atoms with E-state index in [9.17, 15) is 0 Å². The molecule has 0 amide bonds. The fraction of sp³-hybridized carbons (Fsp3) is 0.278. The number of nitrogens with two attached hydrogens (primary N) is 1.